The predicted octanol–water partition coefficient (Wildman–Crippen LogP) is 2.15. The van der Waals surface area contributed by atoms with Crippen LogP contribution in [0.15, 0.2) is 43.2 Å². The third-order valence-electron chi connectivity index (χ3n) is 4.26. The smallest absolute Gasteiger partial charge is 0.224 e. The molecule has 0 aromatic carbocycles. The maximum absolute atomic E-state index is 12.4. The van der Waals surface area contributed by atoms with Gasteiger partial charge in [-0.3, -0.25) is 9.78 Å². The highest BCUT2D eigenvalue weighted by molar-refractivity contribution is 5.76. The molecule has 1 aliphatic rings. The summed E-state index contributed by atoms with van der Waals surface area (Å²) in [4.78, 5) is 22.6. The number of likely N-dealkylation sites (tertiary alicyclic amines) is 1. The summed E-state index contributed by atoms with van der Waals surface area (Å²) >= 11 is 0. The zero-order valence-corrected chi connectivity index (χ0v) is 12.8. The van der Waals surface area contributed by atoms with Crippen molar-refractivity contribution in [1.29, 1.82) is 0 Å². The molecule has 1 aliphatic heterocycles. The summed E-state index contributed by atoms with van der Waals surface area (Å²) in [5, 5.41) is 0. The Morgan fingerprint density at radius 1 is 1.32 bits per heavy atom. The Morgan fingerprint density at radius 2 is 2.27 bits per heavy atom. The molecule has 3 rings (SSSR count). The summed E-state index contributed by atoms with van der Waals surface area (Å²) in [6.07, 6.45) is 13.0. The molecule has 22 heavy (non-hydrogen) atoms. The lowest BCUT2D eigenvalue weighted by atomic mass is 9.92. The van der Waals surface area contributed by atoms with Crippen molar-refractivity contribution in [3.05, 3.63) is 48.8 Å². The first-order valence-corrected chi connectivity index (χ1v) is 7.93. The van der Waals surface area contributed by atoms with E-state index in [1.54, 1.807) is 18.7 Å². The second kappa shape index (κ2) is 7.20. The number of imidazole rings is 1. The Balaban J connectivity index is 1.50. The van der Waals surface area contributed by atoms with Crippen molar-refractivity contribution in [2.24, 2.45) is 5.92 Å². The molecule has 3 heterocycles. The van der Waals surface area contributed by atoms with Crippen molar-refractivity contribution < 1.29 is 4.79 Å². The van der Waals surface area contributed by atoms with Crippen LogP contribution < -0.4 is 0 Å². The number of pyridine rings is 1. The van der Waals surface area contributed by atoms with Gasteiger partial charge in [-0.1, -0.05) is 6.07 Å². The van der Waals surface area contributed by atoms with Crippen LogP contribution in [-0.4, -0.2) is 38.4 Å². The standard InChI is InChI=1S/C17H22N4O/c22-17(5-9-20-10-7-19-14-20)21-8-2-4-16(13-21)11-15-3-1-6-18-12-15/h1,3,6-7,10,12,14,16H,2,4-5,8-9,11,13H2/t16-/m0/s1. The topological polar surface area (TPSA) is 51.0 Å². The quantitative estimate of drug-likeness (QED) is 0.850. The highest BCUT2D eigenvalue weighted by atomic mass is 16.2. The van der Waals surface area contributed by atoms with Crippen molar-refractivity contribution >= 4 is 5.91 Å². The molecule has 1 amide bonds. The molecule has 1 atom stereocenters. The molecular weight excluding hydrogens is 276 g/mol. The van der Waals surface area contributed by atoms with Gasteiger partial charge in [-0.15, -0.1) is 0 Å². The number of rotatable bonds is 5. The van der Waals surface area contributed by atoms with Gasteiger partial charge in [0.05, 0.1) is 6.33 Å². The fourth-order valence-corrected chi connectivity index (χ4v) is 3.11. The summed E-state index contributed by atoms with van der Waals surface area (Å²) in [5.41, 5.74) is 1.26. The zero-order valence-electron chi connectivity index (χ0n) is 12.8. The Hall–Kier alpha value is -2.17. The number of carbonyl (C=O) groups is 1. The zero-order chi connectivity index (χ0) is 15.2. The number of hydrogen-bond acceptors (Lipinski definition) is 3. The lowest BCUT2D eigenvalue weighted by Crippen LogP contribution is -2.40. The predicted molar refractivity (Wildman–Crippen MR) is 84.1 cm³/mol. The first-order chi connectivity index (χ1) is 10.8. The van der Waals surface area contributed by atoms with Crippen molar-refractivity contribution in [1.82, 2.24) is 19.4 Å². The van der Waals surface area contributed by atoms with E-state index in [9.17, 15) is 4.79 Å². The van der Waals surface area contributed by atoms with Gasteiger partial charge in [0.25, 0.3) is 0 Å². The van der Waals surface area contributed by atoms with Crippen molar-refractivity contribution in [3.8, 4) is 0 Å². The molecule has 0 N–H and O–H groups in total. The van der Waals surface area contributed by atoms with Crippen LogP contribution in [0.3, 0.4) is 0 Å². The van der Waals surface area contributed by atoms with Gasteiger partial charge < -0.3 is 9.47 Å². The maximum atomic E-state index is 12.4. The van der Waals surface area contributed by atoms with E-state index in [-0.39, 0.29) is 5.91 Å². The molecule has 1 saturated heterocycles. The fourth-order valence-electron chi connectivity index (χ4n) is 3.11. The number of piperidine rings is 1. The van der Waals surface area contributed by atoms with Crippen LogP contribution in [0.1, 0.15) is 24.8 Å². The van der Waals surface area contributed by atoms with Crippen LogP contribution >= 0.6 is 0 Å². The number of carbonyl (C=O) groups excluding carboxylic acids is 1. The van der Waals surface area contributed by atoms with Gasteiger partial charge in [-0.25, -0.2) is 4.98 Å². The molecule has 2 aromatic rings. The molecule has 0 radical (unpaired) electrons. The van der Waals surface area contributed by atoms with E-state index < -0.39 is 0 Å². The minimum absolute atomic E-state index is 0.254. The van der Waals surface area contributed by atoms with Gasteiger partial charge in [-0.05, 0) is 36.8 Å². The van der Waals surface area contributed by atoms with E-state index in [1.165, 1.54) is 12.0 Å². The Kier molecular flexibility index (Phi) is 4.83. The number of aryl methyl sites for hydroxylation is 1. The van der Waals surface area contributed by atoms with E-state index in [4.69, 9.17) is 0 Å². The number of hydrogen-bond donors (Lipinski definition) is 0. The van der Waals surface area contributed by atoms with E-state index in [2.05, 4.69) is 16.0 Å². The maximum Gasteiger partial charge on any atom is 0.224 e. The van der Waals surface area contributed by atoms with Gasteiger partial charge in [0.1, 0.15) is 0 Å². The Bertz CT molecular complexity index is 582. The summed E-state index contributed by atoms with van der Waals surface area (Å²) < 4.78 is 1.95. The summed E-state index contributed by atoms with van der Waals surface area (Å²) in [6.45, 7) is 2.48. The molecule has 2 aromatic heterocycles. The van der Waals surface area contributed by atoms with Gasteiger partial charge >= 0.3 is 0 Å². The lowest BCUT2D eigenvalue weighted by molar-refractivity contribution is -0.133. The van der Waals surface area contributed by atoms with Crippen LogP contribution in [0.5, 0.6) is 0 Å². The first kappa shape index (κ1) is 14.8. The highest BCUT2D eigenvalue weighted by Crippen LogP contribution is 2.21. The van der Waals surface area contributed by atoms with Crippen LogP contribution in [-0.2, 0) is 17.8 Å². The fraction of sp³-hybridized carbons (Fsp3) is 0.471. The number of aromatic nitrogens is 3. The molecule has 1 fully saturated rings. The van der Waals surface area contributed by atoms with E-state index >= 15 is 0 Å². The van der Waals surface area contributed by atoms with Crippen LogP contribution in [0.4, 0.5) is 0 Å². The van der Waals surface area contributed by atoms with Crippen LogP contribution in [0, 0.1) is 5.92 Å². The molecule has 0 spiro atoms. The molecule has 5 nitrogen and oxygen atoms in total. The minimum atomic E-state index is 0.254. The van der Waals surface area contributed by atoms with Crippen LogP contribution in [0.25, 0.3) is 0 Å². The molecule has 0 aliphatic carbocycles. The second-order valence-electron chi connectivity index (χ2n) is 5.96. The lowest BCUT2D eigenvalue weighted by Gasteiger charge is -2.33. The van der Waals surface area contributed by atoms with Gasteiger partial charge in [0, 0.05) is 50.8 Å². The van der Waals surface area contributed by atoms with Gasteiger partial charge in [0.2, 0.25) is 5.91 Å². The number of nitrogens with zero attached hydrogens (tertiary/aromatic N) is 4. The summed E-state index contributed by atoms with van der Waals surface area (Å²) in [6, 6.07) is 4.10. The van der Waals surface area contributed by atoms with Crippen molar-refractivity contribution in [3.63, 3.8) is 0 Å². The normalized spacial score (nSPS) is 18.4. The largest absolute Gasteiger partial charge is 0.342 e. The molecule has 0 saturated carbocycles. The molecule has 116 valence electrons. The van der Waals surface area contributed by atoms with E-state index in [1.807, 2.05) is 27.9 Å². The van der Waals surface area contributed by atoms with Gasteiger partial charge in [-0.2, -0.15) is 0 Å². The van der Waals surface area contributed by atoms with Crippen LogP contribution in [0.2, 0.25) is 0 Å². The molecule has 0 bridgehead atoms. The molecule has 5 heteroatoms. The third kappa shape index (κ3) is 3.93. The van der Waals surface area contributed by atoms with E-state index in [0.29, 0.717) is 18.9 Å². The summed E-state index contributed by atoms with van der Waals surface area (Å²) in [5.74, 6) is 0.805. The molecule has 0 unspecified atom stereocenters. The second-order valence-corrected chi connectivity index (χ2v) is 5.96. The third-order valence-corrected chi connectivity index (χ3v) is 4.26. The van der Waals surface area contributed by atoms with E-state index in [0.717, 1.165) is 25.9 Å². The van der Waals surface area contributed by atoms with Gasteiger partial charge in [0.15, 0.2) is 0 Å². The summed E-state index contributed by atoms with van der Waals surface area (Å²) in [7, 11) is 0. The SMILES string of the molecule is O=C(CCn1ccnc1)N1CCC[C@@H](Cc2cccnc2)C1. The van der Waals surface area contributed by atoms with Crippen molar-refractivity contribution in [2.45, 2.75) is 32.2 Å². The number of amides is 1. The first-order valence-electron chi connectivity index (χ1n) is 7.93. The Labute approximate surface area is 131 Å². The highest BCUT2D eigenvalue weighted by Gasteiger charge is 2.23. The molecular formula is C17H22N4O. The minimum Gasteiger partial charge on any atom is -0.342 e. The average Bonchev–Trinajstić information content (AvgIpc) is 3.07. The van der Waals surface area contributed by atoms with Crippen molar-refractivity contribution in [2.75, 3.05) is 13.1 Å². The monoisotopic (exact) mass is 298 g/mol. The average molecular weight is 298 g/mol. The Morgan fingerprint density at radius 3 is 3.05 bits per heavy atom.